The van der Waals surface area contributed by atoms with E-state index in [-0.39, 0.29) is 17.5 Å². The van der Waals surface area contributed by atoms with Crippen LogP contribution in [0.2, 0.25) is 5.02 Å². The summed E-state index contributed by atoms with van der Waals surface area (Å²) < 4.78 is 1.58. The number of nitrogens with zero attached hydrogens (tertiary/aromatic N) is 1. The van der Waals surface area contributed by atoms with E-state index in [0.29, 0.717) is 38.7 Å². The van der Waals surface area contributed by atoms with Crippen LogP contribution in [-0.4, -0.2) is 10.5 Å². The number of nitrogens with one attached hydrogen (secondary N) is 1. The Balaban J connectivity index is 1.69. The molecule has 0 aliphatic heterocycles. The zero-order valence-electron chi connectivity index (χ0n) is 17.7. The van der Waals surface area contributed by atoms with Gasteiger partial charge in [0.1, 0.15) is 0 Å². The summed E-state index contributed by atoms with van der Waals surface area (Å²) in [7, 11) is 0. The zero-order chi connectivity index (χ0) is 22.2. The Morgan fingerprint density at radius 3 is 2.28 bits per heavy atom. The fraction of sp³-hybridized carbons (Fsp3) is 0.185. The van der Waals surface area contributed by atoms with Gasteiger partial charge in [0, 0.05) is 16.8 Å². The van der Waals surface area contributed by atoms with Gasteiger partial charge in [-0.15, -0.1) is 0 Å². The van der Waals surface area contributed by atoms with Crippen LogP contribution in [0, 0.1) is 12.8 Å². The van der Waals surface area contributed by atoms with Crippen LogP contribution < -0.4 is 10.9 Å². The lowest BCUT2D eigenvalue weighted by Crippen LogP contribution is -2.33. The van der Waals surface area contributed by atoms with Crippen LogP contribution in [-0.2, 0) is 0 Å². The number of pyridine rings is 1. The molecule has 4 aromatic rings. The van der Waals surface area contributed by atoms with Crippen molar-refractivity contribution < 1.29 is 4.79 Å². The minimum Gasteiger partial charge on any atom is -0.345 e. The largest absolute Gasteiger partial charge is 0.345 e. The summed E-state index contributed by atoms with van der Waals surface area (Å²) in [6, 6.07) is 24.6. The molecule has 5 rings (SSSR count). The minimum atomic E-state index is -0.229. The van der Waals surface area contributed by atoms with Gasteiger partial charge in [-0.3, -0.25) is 14.2 Å². The monoisotopic (exact) mass is 442 g/mol. The predicted octanol–water partition coefficient (Wildman–Crippen LogP) is 5.83. The first-order valence-electron chi connectivity index (χ1n) is 10.8. The van der Waals surface area contributed by atoms with E-state index < -0.39 is 0 Å². The Kier molecular flexibility index (Phi) is 5.32. The molecule has 1 aliphatic carbocycles. The van der Waals surface area contributed by atoms with E-state index in [2.05, 4.69) is 17.4 Å². The second-order valence-electron chi connectivity index (χ2n) is 8.30. The van der Waals surface area contributed by atoms with Crippen molar-refractivity contribution in [2.45, 2.75) is 25.8 Å². The van der Waals surface area contributed by atoms with Crippen molar-refractivity contribution in [3.63, 3.8) is 0 Å². The molecule has 160 valence electrons. The molecule has 32 heavy (non-hydrogen) atoms. The number of aromatic nitrogens is 1. The highest BCUT2D eigenvalue weighted by Gasteiger charge is 2.34. The highest BCUT2D eigenvalue weighted by atomic mass is 35.5. The minimum absolute atomic E-state index is 0.0607. The van der Waals surface area contributed by atoms with Gasteiger partial charge < -0.3 is 5.32 Å². The number of hydrogen-bond acceptors (Lipinski definition) is 2. The van der Waals surface area contributed by atoms with Crippen LogP contribution in [0.4, 0.5) is 0 Å². The molecule has 1 fully saturated rings. The molecule has 3 aromatic carbocycles. The van der Waals surface area contributed by atoms with E-state index in [0.717, 1.165) is 18.4 Å². The van der Waals surface area contributed by atoms with Crippen molar-refractivity contribution in [2.75, 3.05) is 0 Å². The molecule has 1 atom stereocenters. The van der Waals surface area contributed by atoms with Gasteiger partial charge in [0.2, 0.25) is 0 Å². The Labute approximate surface area is 191 Å². The lowest BCUT2D eigenvalue weighted by atomic mass is 9.99. The van der Waals surface area contributed by atoms with E-state index in [9.17, 15) is 9.59 Å². The number of para-hydroxylation sites is 1. The number of benzene rings is 3. The van der Waals surface area contributed by atoms with Gasteiger partial charge in [-0.1, -0.05) is 72.3 Å². The average molecular weight is 443 g/mol. The highest BCUT2D eigenvalue weighted by molar-refractivity contribution is 6.36. The maximum Gasteiger partial charge on any atom is 0.264 e. The first kappa shape index (κ1) is 20.5. The molecular formula is C27H23ClN2O2. The second kappa shape index (κ2) is 8.29. The SMILES string of the molecule is Cc1c(C(=O)N[C@H](c2ccccc2)C2CC2)c2cccc(Cl)c2c(=O)n1-c1ccccc1. The van der Waals surface area contributed by atoms with Crippen molar-refractivity contribution in [3.8, 4) is 5.69 Å². The molecule has 0 saturated heterocycles. The number of halogens is 1. The summed E-state index contributed by atoms with van der Waals surface area (Å²) >= 11 is 6.47. The second-order valence-corrected chi connectivity index (χ2v) is 8.71. The molecule has 0 radical (unpaired) electrons. The lowest BCUT2D eigenvalue weighted by Gasteiger charge is -2.22. The number of rotatable bonds is 5. The van der Waals surface area contributed by atoms with Gasteiger partial charge in [-0.25, -0.2) is 0 Å². The summed E-state index contributed by atoms with van der Waals surface area (Å²) in [6.07, 6.45) is 2.18. The van der Waals surface area contributed by atoms with Crippen molar-refractivity contribution in [3.05, 3.63) is 111 Å². The van der Waals surface area contributed by atoms with Crippen LogP contribution in [0.25, 0.3) is 16.5 Å². The lowest BCUT2D eigenvalue weighted by molar-refractivity contribution is 0.0932. The molecule has 0 unspecified atom stereocenters. The number of carbonyl (C=O) groups is 1. The standard InChI is InChI=1S/C27H23ClN2O2/c1-17-23(26(31)29-25(19-15-16-19)18-9-4-2-5-10-18)21-13-8-14-22(28)24(21)27(32)30(17)20-11-6-3-7-12-20/h2-14,19,25H,15-16H2,1H3,(H,29,31)/t25-/m1/s1. The number of carbonyl (C=O) groups excluding carboxylic acids is 1. The molecule has 1 amide bonds. The molecular weight excluding hydrogens is 420 g/mol. The molecule has 4 nitrogen and oxygen atoms in total. The fourth-order valence-corrected chi connectivity index (χ4v) is 4.73. The molecule has 1 saturated carbocycles. The van der Waals surface area contributed by atoms with Crippen molar-refractivity contribution in [1.29, 1.82) is 0 Å². The van der Waals surface area contributed by atoms with Crippen LogP contribution in [0.15, 0.2) is 83.7 Å². The Hall–Kier alpha value is -3.37. The van der Waals surface area contributed by atoms with Crippen molar-refractivity contribution in [1.82, 2.24) is 9.88 Å². The maximum atomic E-state index is 13.7. The van der Waals surface area contributed by atoms with Gasteiger partial charge in [0.15, 0.2) is 0 Å². The third kappa shape index (κ3) is 3.61. The molecule has 1 aromatic heterocycles. The third-order valence-electron chi connectivity index (χ3n) is 6.18. The first-order valence-corrected chi connectivity index (χ1v) is 11.2. The van der Waals surface area contributed by atoms with Gasteiger partial charge in [-0.2, -0.15) is 0 Å². The molecule has 1 aliphatic rings. The van der Waals surface area contributed by atoms with Crippen LogP contribution >= 0.6 is 11.6 Å². The molecule has 0 bridgehead atoms. The highest BCUT2D eigenvalue weighted by Crippen LogP contribution is 2.41. The predicted molar refractivity (Wildman–Crippen MR) is 129 cm³/mol. The van der Waals surface area contributed by atoms with E-state index in [4.69, 9.17) is 11.6 Å². The Bertz CT molecular complexity index is 1360. The number of hydrogen-bond donors (Lipinski definition) is 1. The van der Waals surface area contributed by atoms with Crippen LogP contribution in [0.3, 0.4) is 0 Å². The number of fused-ring (bicyclic) bond motifs is 1. The topological polar surface area (TPSA) is 51.1 Å². The van der Waals surface area contributed by atoms with Gasteiger partial charge >= 0.3 is 0 Å². The zero-order valence-corrected chi connectivity index (χ0v) is 18.5. The Morgan fingerprint density at radius 2 is 1.62 bits per heavy atom. The summed E-state index contributed by atoms with van der Waals surface area (Å²) in [5.41, 5.74) is 2.64. The average Bonchev–Trinajstić information content (AvgIpc) is 3.64. The Morgan fingerprint density at radius 1 is 0.969 bits per heavy atom. The van der Waals surface area contributed by atoms with Crippen LogP contribution in [0.1, 0.15) is 40.5 Å². The molecule has 5 heteroatoms. The normalized spacial score (nSPS) is 14.3. The van der Waals surface area contributed by atoms with E-state index in [1.165, 1.54) is 0 Å². The third-order valence-corrected chi connectivity index (χ3v) is 6.49. The first-order chi connectivity index (χ1) is 15.6. The van der Waals surface area contributed by atoms with Crippen molar-refractivity contribution in [2.24, 2.45) is 5.92 Å². The number of amides is 1. The quantitative estimate of drug-likeness (QED) is 0.422. The summed E-state index contributed by atoms with van der Waals surface area (Å²) in [5, 5.41) is 4.54. The molecule has 1 N–H and O–H groups in total. The van der Waals surface area contributed by atoms with Gasteiger partial charge in [0.25, 0.3) is 11.5 Å². The van der Waals surface area contributed by atoms with Crippen LogP contribution in [0.5, 0.6) is 0 Å². The van der Waals surface area contributed by atoms with Gasteiger partial charge in [0.05, 0.1) is 22.0 Å². The maximum absolute atomic E-state index is 13.7. The van der Waals surface area contributed by atoms with Gasteiger partial charge in [-0.05, 0) is 49.4 Å². The van der Waals surface area contributed by atoms with E-state index in [1.807, 2.05) is 55.5 Å². The summed E-state index contributed by atoms with van der Waals surface area (Å²) in [4.78, 5) is 27.2. The molecule has 0 spiro atoms. The summed E-state index contributed by atoms with van der Waals surface area (Å²) in [5.74, 6) is 0.233. The van der Waals surface area contributed by atoms with E-state index >= 15 is 0 Å². The molecule has 1 heterocycles. The van der Waals surface area contributed by atoms with E-state index in [1.54, 1.807) is 22.8 Å². The fourth-order valence-electron chi connectivity index (χ4n) is 4.47. The smallest absolute Gasteiger partial charge is 0.264 e. The summed E-state index contributed by atoms with van der Waals surface area (Å²) in [6.45, 7) is 1.82. The van der Waals surface area contributed by atoms with Crippen molar-refractivity contribution >= 4 is 28.3 Å².